The quantitative estimate of drug-likeness (QED) is 0.152. The molecule has 5 heteroatoms. The molecule has 0 amide bonds. The summed E-state index contributed by atoms with van der Waals surface area (Å²) in [4.78, 5) is 10.4. The molecule has 0 atom stereocenters. The maximum Gasteiger partial charge on any atom is 0.160 e. The van der Waals surface area contributed by atoms with Gasteiger partial charge >= 0.3 is 0 Å². The van der Waals surface area contributed by atoms with E-state index in [1.54, 1.807) is 0 Å². The van der Waals surface area contributed by atoms with E-state index in [1.165, 1.54) is 11.1 Å². The van der Waals surface area contributed by atoms with Gasteiger partial charge in [-0.1, -0.05) is 169 Å². The fourth-order valence-electron chi connectivity index (χ4n) is 9.41. The minimum Gasteiger partial charge on any atom is -0.308 e. The van der Waals surface area contributed by atoms with Crippen molar-refractivity contribution in [3.8, 4) is 96.2 Å². The van der Waals surface area contributed by atoms with Crippen molar-refractivity contribution in [3.05, 3.63) is 235 Å². The van der Waals surface area contributed by atoms with Crippen LogP contribution in [0.25, 0.3) is 106 Å². The molecule has 0 aliphatic rings. The lowest BCUT2D eigenvalue weighted by Gasteiger charge is -2.22. The Morgan fingerprint density at radius 1 is 0.358 bits per heavy atom. The highest BCUT2D eigenvalue weighted by atomic mass is 15.0. The van der Waals surface area contributed by atoms with Crippen molar-refractivity contribution in [1.29, 1.82) is 10.5 Å². The van der Waals surface area contributed by atoms with Gasteiger partial charge in [0, 0.05) is 49.7 Å². The molecule has 0 saturated heterocycles. The van der Waals surface area contributed by atoms with Crippen molar-refractivity contribution in [1.82, 2.24) is 14.5 Å². The van der Waals surface area contributed by atoms with Crippen LogP contribution in [-0.4, -0.2) is 14.5 Å². The zero-order valence-corrected chi connectivity index (χ0v) is 36.9. The first-order valence-corrected chi connectivity index (χ1v) is 22.3. The van der Waals surface area contributed by atoms with Crippen molar-refractivity contribution < 1.29 is 0 Å². The van der Waals surface area contributed by atoms with Gasteiger partial charge in [-0.15, -0.1) is 0 Å². The van der Waals surface area contributed by atoms with Crippen molar-refractivity contribution >= 4 is 21.8 Å². The van der Waals surface area contributed by atoms with E-state index in [1.807, 2.05) is 103 Å². The maximum atomic E-state index is 10.8. The molecule has 0 spiro atoms. The van der Waals surface area contributed by atoms with Gasteiger partial charge in [0.1, 0.15) is 0 Å². The van der Waals surface area contributed by atoms with Gasteiger partial charge in [0.15, 0.2) is 5.82 Å². The average molecular weight is 856 g/mol. The summed E-state index contributed by atoms with van der Waals surface area (Å²) in [6, 6.07) is 77.8. The van der Waals surface area contributed by atoms with E-state index in [0.717, 1.165) is 94.4 Å². The van der Waals surface area contributed by atoms with Crippen molar-refractivity contribution in [2.75, 3.05) is 0 Å². The van der Waals surface area contributed by atoms with Gasteiger partial charge in [0.2, 0.25) is 0 Å². The number of aromatic nitrogens is 3. The van der Waals surface area contributed by atoms with Crippen LogP contribution in [0.4, 0.5) is 0 Å². The van der Waals surface area contributed by atoms with Crippen LogP contribution in [0.3, 0.4) is 0 Å². The number of fused-ring (bicyclic) bond motifs is 3. The molecule has 0 aliphatic heterocycles. The Morgan fingerprint density at radius 2 is 0.791 bits per heavy atom. The van der Waals surface area contributed by atoms with Gasteiger partial charge in [-0.2, -0.15) is 10.5 Å². The Balaban J connectivity index is 1.28. The molecule has 0 bridgehead atoms. The molecular weight excluding hydrogens is 815 g/mol. The monoisotopic (exact) mass is 855 g/mol. The summed E-state index contributed by atoms with van der Waals surface area (Å²) in [6.07, 6.45) is 0. The number of hydrogen-bond donors (Lipinski definition) is 0. The Bertz CT molecular complexity index is 3550. The molecule has 0 N–H and O–H groups in total. The van der Waals surface area contributed by atoms with Gasteiger partial charge in [0.25, 0.3) is 0 Å². The smallest absolute Gasteiger partial charge is 0.160 e. The van der Waals surface area contributed by atoms with E-state index < -0.39 is 0 Å². The van der Waals surface area contributed by atoms with E-state index in [2.05, 4.69) is 140 Å². The first-order chi connectivity index (χ1) is 32.9. The number of nitrogens with zero attached hydrogens (tertiary/aromatic N) is 5. The number of hydrogen-bond acceptors (Lipinski definition) is 4. The highest BCUT2D eigenvalue weighted by molar-refractivity contribution is 6.13. The van der Waals surface area contributed by atoms with E-state index in [0.29, 0.717) is 22.6 Å². The molecule has 0 radical (unpaired) electrons. The highest BCUT2D eigenvalue weighted by Gasteiger charge is 2.25. The van der Waals surface area contributed by atoms with E-state index >= 15 is 0 Å². The van der Waals surface area contributed by atoms with E-state index in [-0.39, 0.29) is 0 Å². The third-order valence-electron chi connectivity index (χ3n) is 12.6. The number of aryl methyl sites for hydroxylation is 2. The van der Waals surface area contributed by atoms with Crippen molar-refractivity contribution in [3.63, 3.8) is 0 Å². The SMILES string of the molecule is Cc1cccc(-c2ccc3c(c2)c2cc(-c4cccc(C)c4)ccc2n3-c2c(-c3ccccc3C#N)cc(-c3cc(-c4ccccc4)nc(-c4ccccc4)n3)cc2-c2ccccc2C#N)c1. The minimum absolute atomic E-state index is 0.530. The van der Waals surface area contributed by atoms with Gasteiger partial charge in [-0.25, -0.2) is 9.97 Å². The summed E-state index contributed by atoms with van der Waals surface area (Å²) >= 11 is 0. The molecule has 0 fully saturated rings. The Labute approximate surface area is 389 Å². The summed E-state index contributed by atoms with van der Waals surface area (Å²) in [7, 11) is 0. The predicted molar refractivity (Wildman–Crippen MR) is 273 cm³/mol. The maximum absolute atomic E-state index is 10.8. The predicted octanol–water partition coefficient (Wildman–Crippen LogP) is 15.6. The summed E-state index contributed by atoms with van der Waals surface area (Å²) < 4.78 is 2.34. The van der Waals surface area contributed by atoms with Crippen LogP contribution in [0, 0.1) is 36.5 Å². The molecule has 11 aromatic rings. The molecule has 9 aromatic carbocycles. The molecule has 67 heavy (non-hydrogen) atoms. The summed E-state index contributed by atoms with van der Waals surface area (Å²) in [5.74, 6) is 0.593. The number of rotatable bonds is 8. The van der Waals surface area contributed by atoms with Crippen LogP contribution in [0.15, 0.2) is 212 Å². The minimum atomic E-state index is 0.530. The molecule has 2 heterocycles. The standard InChI is InChI=1S/C62H41N5/c1-40-15-13-23-44(31-40)46-27-29-59-53(33-46)54-34-47(45-24-14-16-41(2)32-45)28-30-60(54)67(59)61-55(51-25-11-9-21-48(51)38-63)35-50(36-56(61)52-26-12-10-22-49(52)39-64)58-37-57(42-17-5-3-6-18-42)65-62(66-58)43-19-7-4-8-20-43/h3-37H,1-2H3. The molecule has 0 aliphatic carbocycles. The van der Waals surface area contributed by atoms with Crippen LogP contribution >= 0.6 is 0 Å². The second kappa shape index (κ2) is 17.1. The largest absolute Gasteiger partial charge is 0.308 e. The summed E-state index contributed by atoms with van der Waals surface area (Å²) in [6.45, 7) is 4.25. The Morgan fingerprint density at radius 3 is 1.28 bits per heavy atom. The lowest BCUT2D eigenvalue weighted by molar-refractivity contribution is 1.17. The third kappa shape index (κ3) is 7.51. The molecular formula is C62H41N5. The highest BCUT2D eigenvalue weighted by Crippen LogP contribution is 2.46. The Kier molecular flexibility index (Phi) is 10.4. The number of nitriles is 2. The second-order valence-electron chi connectivity index (χ2n) is 17.0. The lowest BCUT2D eigenvalue weighted by Crippen LogP contribution is -2.04. The molecule has 2 aromatic heterocycles. The molecule has 314 valence electrons. The van der Waals surface area contributed by atoms with E-state index in [4.69, 9.17) is 9.97 Å². The van der Waals surface area contributed by atoms with Gasteiger partial charge in [-0.3, -0.25) is 0 Å². The third-order valence-corrected chi connectivity index (χ3v) is 12.6. The first kappa shape index (κ1) is 40.6. The summed E-state index contributed by atoms with van der Waals surface area (Å²) in [5.41, 5.74) is 18.1. The second-order valence-corrected chi connectivity index (χ2v) is 17.0. The van der Waals surface area contributed by atoms with Gasteiger partial charge in [-0.05, 0) is 90.7 Å². The van der Waals surface area contributed by atoms with E-state index in [9.17, 15) is 10.5 Å². The molecule has 5 nitrogen and oxygen atoms in total. The lowest BCUT2D eigenvalue weighted by atomic mass is 9.88. The Hall–Kier alpha value is -9.16. The van der Waals surface area contributed by atoms with Crippen LogP contribution in [0.2, 0.25) is 0 Å². The normalized spacial score (nSPS) is 11.1. The number of benzene rings is 9. The fourth-order valence-corrected chi connectivity index (χ4v) is 9.41. The molecule has 0 unspecified atom stereocenters. The van der Waals surface area contributed by atoms with Gasteiger partial charge < -0.3 is 4.57 Å². The first-order valence-electron chi connectivity index (χ1n) is 22.3. The van der Waals surface area contributed by atoms with Gasteiger partial charge in [0.05, 0.1) is 51.4 Å². The van der Waals surface area contributed by atoms with Crippen LogP contribution in [0.1, 0.15) is 22.3 Å². The summed E-state index contributed by atoms with van der Waals surface area (Å²) in [5, 5.41) is 23.8. The molecule has 11 rings (SSSR count). The van der Waals surface area contributed by atoms with Crippen LogP contribution in [0.5, 0.6) is 0 Å². The zero-order chi connectivity index (χ0) is 45.4. The van der Waals surface area contributed by atoms with Crippen molar-refractivity contribution in [2.24, 2.45) is 0 Å². The topological polar surface area (TPSA) is 78.3 Å². The molecule has 0 saturated carbocycles. The average Bonchev–Trinajstić information content (AvgIpc) is 3.71. The van der Waals surface area contributed by atoms with Crippen LogP contribution < -0.4 is 0 Å². The zero-order valence-electron chi connectivity index (χ0n) is 36.9. The van der Waals surface area contributed by atoms with Crippen molar-refractivity contribution in [2.45, 2.75) is 13.8 Å². The van der Waals surface area contributed by atoms with Crippen LogP contribution in [-0.2, 0) is 0 Å². The fraction of sp³-hybridized carbons (Fsp3) is 0.0323.